The van der Waals surface area contributed by atoms with Crippen LogP contribution in [0.15, 0.2) is 29.1 Å². The molecule has 0 atom stereocenters. The molecule has 1 aromatic heterocycles. The van der Waals surface area contributed by atoms with Gasteiger partial charge in [0.25, 0.3) is 10.8 Å². The molecule has 0 amide bonds. The highest BCUT2D eigenvalue weighted by atomic mass is 35.5. The van der Waals surface area contributed by atoms with Crippen molar-refractivity contribution >= 4 is 16.8 Å². The Morgan fingerprint density at radius 1 is 1.22 bits per heavy atom. The van der Waals surface area contributed by atoms with E-state index in [0.29, 0.717) is 5.69 Å². The largest absolute Gasteiger partial charge is 0.276 e. The Labute approximate surface area is 109 Å². The molecule has 1 N–H and O–H groups in total. The van der Waals surface area contributed by atoms with E-state index in [0.717, 1.165) is 16.7 Å². The molecule has 1 heterocycles. The quantitative estimate of drug-likeness (QED) is 0.846. The van der Waals surface area contributed by atoms with Crippen LogP contribution in [0.3, 0.4) is 0 Å². The van der Waals surface area contributed by atoms with E-state index in [-0.39, 0.29) is 5.56 Å². The number of nitrogens with zero attached hydrogens (tertiary/aromatic N) is 1. The third kappa shape index (κ3) is 2.33. The van der Waals surface area contributed by atoms with Crippen molar-refractivity contribution in [1.82, 2.24) is 10.2 Å². The predicted molar refractivity (Wildman–Crippen MR) is 70.0 cm³/mol. The van der Waals surface area contributed by atoms with Crippen molar-refractivity contribution in [3.8, 4) is 11.3 Å². The number of hydrogen-bond acceptors (Lipinski definition) is 3. The second kappa shape index (κ2) is 4.74. The van der Waals surface area contributed by atoms with E-state index in [1.165, 1.54) is 6.07 Å². The van der Waals surface area contributed by atoms with Crippen LogP contribution in [0.4, 0.5) is 0 Å². The Morgan fingerprint density at radius 3 is 2.56 bits per heavy atom. The normalized spacial score (nSPS) is 10.4. The van der Waals surface area contributed by atoms with Crippen molar-refractivity contribution in [3.05, 3.63) is 51.3 Å². The molecule has 2 rings (SSSR count). The van der Waals surface area contributed by atoms with Gasteiger partial charge in [-0.2, -0.15) is 5.10 Å². The highest BCUT2D eigenvalue weighted by molar-refractivity contribution is 6.67. The zero-order valence-electron chi connectivity index (χ0n) is 9.95. The number of aromatic amines is 1. The molecule has 5 heteroatoms. The first kappa shape index (κ1) is 12.5. The molecular formula is C13H11ClN2O2. The molecule has 0 fully saturated rings. The van der Waals surface area contributed by atoms with Gasteiger partial charge in [0.1, 0.15) is 5.56 Å². The van der Waals surface area contributed by atoms with E-state index in [1.54, 1.807) is 0 Å². The van der Waals surface area contributed by atoms with Gasteiger partial charge in [-0.15, -0.1) is 0 Å². The number of rotatable bonds is 2. The lowest BCUT2D eigenvalue weighted by Crippen LogP contribution is -2.16. The standard InChI is InChI=1S/C13H11ClN2O2/c1-7-3-4-9(5-8(7)2)11-6-10(12(14)17)13(18)16-15-11/h3-6H,1-2H3,(H,16,18). The second-order valence-corrected chi connectivity index (χ2v) is 4.41. The Balaban J connectivity index is 2.57. The predicted octanol–water partition coefficient (Wildman–Crippen LogP) is 2.43. The Morgan fingerprint density at radius 2 is 1.94 bits per heavy atom. The van der Waals surface area contributed by atoms with Crippen LogP contribution in [0, 0.1) is 13.8 Å². The van der Waals surface area contributed by atoms with Crippen molar-refractivity contribution in [3.63, 3.8) is 0 Å². The average Bonchev–Trinajstić information content (AvgIpc) is 2.33. The van der Waals surface area contributed by atoms with Crippen LogP contribution < -0.4 is 5.56 Å². The maximum atomic E-state index is 11.3. The first-order valence-corrected chi connectivity index (χ1v) is 5.74. The summed E-state index contributed by atoms with van der Waals surface area (Å²) in [5, 5.41) is 5.40. The number of carbonyl (C=O) groups excluding carboxylic acids is 1. The molecule has 0 spiro atoms. The van der Waals surface area contributed by atoms with Gasteiger partial charge in [0.15, 0.2) is 0 Å². The van der Waals surface area contributed by atoms with E-state index in [1.807, 2.05) is 32.0 Å². The summed E-state index contributed by atoms with van der Waals surface area (Å²) in [6.45, 7) is 3.99. The topological polar surface area (TPSA) is 62.8 Å². The van der Waals surface area contributed by atoms with Crippen molar-refractivity contribution in [2.75, 3.05) is 0 Å². The molecule has 0 aliphatic rings. The molecule has 2 aromatic rings. The lowest BCUT2D eigenvalue weighted by molar-refractivity contribution is 0.108. The minimum absolute atomic E-state index is 0.0973. The molecule has 92 valence electrons. The van der Waals surface area contributed by atoms with E-state index in [2.05, 4.69) is 10.2 Å². The molecule has 0 aliphatic carbocycles. The van der Waals surface area contributed by atoms with Gasteiger partial charge >= 0.3 is 0 Å². The fraction of sp³-hybridized carbons (Fsp3) is 0.154. The van der Waals surface area contributed by atoms with Crippen LogP contribution in [0.25, 0.3) is 11.3 Å². The van der Waals surface area contributed by atoms with Crippen LogP contribution in [-0.4, -0.2) is 15.4 Å². The first-order chi connectivity index (χ1) is 8.49. The number of hydrogen-bond donors (Lipinski definition) is 1. The van der Waals surface area contributed by atoms with Gasteiger partial charge in [-0.05, 0) is 48.7 Å². The average molecular weight is 263 g/mol. The van der Waals surface area contributed by atoms with Crippen LogP contribution in [0.1, 0.15) is 21.5 Å². The third-order valence-electron chi connectivity index (χ3n) is 2.82. The molecule has 4 nitrogen and oxygen atoms in total. The molecule has 0 saturated carbocycles. The van der Waals surface area contributed by atoms with E-state index in [9.17, 15) is 9.59 Å². The number of benzene rings is 1. The van der Waals surface area contributed by atoms with Gasteiger partial charge in [-0.3, -0.25) is 9.59 Å². The van der Waals surface area contributed by atoms with Gasteiger partial charge in [-0.25, -0.2) is 5.10 Å². The lowest BCUT2D eigenvalue weighted by Gasteiger charge is -2.05. The maximum absolute atomic E-state index is 11.3. The van der Waals surface area contributed by atoms with Crippen LogP contribution in [-0.2, 0) is 0 Å². The van der Waals surface area contributed by atoms with Crippen molar-refractivity contribution in [1.29, 1.82) is 0 Å². The highest BCUT2D eigenvalue weighted by Gasteiger charge is 2.11. The van der Waals surface area contributed by atoms with Crippen molar-refractivity contribution < 1.29 is 4.79 Å². The van der Waals surface area contributed by atoms with Gasteiger partial charge in [0.05, 0.1) is 5.69 Å². The molecule has 0 aliphatic heterocycles. The van der Waals surface area contributed by atoms with E-state index >= 15 is 0 Å². The fourth-order valence-corrected chi connectivity index (χ4v) is 1.74. The highest BCUT2D eigenvalue weighted by Crippen LogP contribution is 2.20. The minimum atomic E-state index is -0.788. The Bertz CT molecular complexity index is 677. The Hall–Kier alpha value is -1.94. The van der Waals surface area contributed by atoms with Gasteiger partial charge in [-0.1, -0.05) is 12.1 Å². The molecule has 0 saturated heterocycles. The fourth-order valence-electron chi connectivity index (χ4n) is 1.60. The molecule has 1 aromatic carbocycles. The summed E-state index contributed by atoms with van der Waals surface area (Å²) < 4.78 is 0. The summed E-state index contributed by atoms with van der Waals surface area (Å²) in [5.74, 6) is 0. The number of aryl methyl sites for hydroxylation is 2. The van der Waals surface area contributed by atoms with Gasteiger partial charge in [0, 0.05) is 5.56 Å². The Kier molecular flexibility index (Phi) is 3.30. The van der Waals surface area contributed by atoms with Gasteiger partial charge < -0.3 is 0 Å². The number of carbonyl (C=O) groups is 1. The number of nitrogens with one attached hydrogen (secondary N) is 1. The minimum Gasteiger partial charge on any atom is -0.275 e. The lowest BCUT2D eigenvalue weighted by atomic mass is 10.0. The molecule has 0 bridgehead atoms. The van der Waals surface area contributed by atoms with Crippen molar-refractivity contribution in [2.45, 2.75) is 13.8 Å². The zero-order chi connectivity index (χ0) is 13.3. The van der Waals surface area contributed by atoms with E-state index in [4.69, 9.17) is 11.6 Å². The van der Waals surface area contributed by atoms with Crippen LogP contribution >= 0.6 is 11.6 Å². The van der Waals surface area contributed by atoms with Crippen molar-refractivity contribution in [2.24, 2.45) is 0 Å². The zero-order valence-corrected chi connectivity index (χ0v) is 10.7. The maximum Gasteiger partial charge on any atom is 0.276 e. The summed E-state index contributed by atoms with van der Waals surface area (Å²) in [5.41, 5.74) is 2.94. The SMILES string of the molecule is Cc1ccc(-c2cc(C(=O)Cl)c(=O)[nH]n2)cc1C. The second-order valence-electron chi connectivity index (χ2n) is 4.07. The summed E-state index contributed by atoms with van der Waals surface area (Å²) in [6, 6.07) is 7.18. The smallest absolute Gasteiger partial charge is 0.275 e. The van der Waals surface area contributed by atoms with Crippen LogP contribution in [0.5, 0.6) is 0 Å². The number of aromatic nitrogens is 2. The number of H-pyrrole nitrogens is 1. The molecule has 0 radical (unpaired) electrons. The molecular weight excluding hydrogens is 252 g/mol. The number of halogens is 1. The monoisotopic (exact) mass is 262 g/mol. The third-order valence-corrected chi connectivity index (χ3v) is 3.02. The van der Waals surface area contributed by atoms with Crippen LogP contribution in [0.2, 0.25) is 0 Å². The first-order valence-electron chi connectivity index (χ1n) is 5.36. The van der Waals surface area contributed by atoms with Gasteiger partial charge in [0.2, 0.25) is 0 Å². The summed E-state index contributed by atoms with van der Waals surface area (Å²) in [6.07, 6.45) is 0. The molecule has 0 unspecified atom stereocenters. The van der Waals surface area contributed by atoms with E-state index < -0.39 is 10.8 Å². The summed E-state index contributed by atoms with van der Waals surface area (Å²) >= 11 is 5.34. The summed E-state index contributed by atoms with van der Waals surface area (Å²) in [7, 11) is 0. The molecule has 18 heavy (non-hydrogen) atoms. The summed E-state index contributed by atoms with van der Waals surface area (Å²) in [4.78, 5) is 22.4.